The van der Waals surface area contributed by atoms with Crippen molar-refractivity contribution in [3.05, 3.63) is 22.4 Å². The zero-order chi connectivity index (χ0) is 14.1. The van der Waals surface area contributed by atoms with Gasteiger partial charge in [0.1, 0.15) is 0 Å². The van der Waals surface area contributed by atoms with Crippen LogP contribution >= 0.6 is 15.9 Å². The fourth-order valence-corrected chi connectivity index (χ4v) is 3.64. The van der Waals surface area contributed by atoms with Crippen molar-refractivity contribution >= 4 is 15.9 Å². The summed E-state index contributed by atoms with van der Waals surface area (Å²) in [6, 6.07) is 2.26. The van der Waals surface area contributed by atoms with Crippen LogP contribution in [0.5, 0.6) is 0 Å². The number of aromatic amines is 1. The van der Waals surface area contributed by atoms with Crippen LogP contribution in [0.25, 0.3) is 0 Å². The average molecular weight is 328 g/mol. The first kappa shape index (κ1) is 16.8. The molecule has 19 heavy (non-hydrogen) atoms. The van der Waals surface area contributed by atoms with Gasteiger partial charge in [0.15, 0.2) is 0 Å². The molecule has 0 bridgehead atoms. The average Bonchev–Trinajstić information content (AvgIpc) is 2.83. The lowest BCUT2D eigenvalue weighted by Gasteiger charge is -2.30. The predicted octanol–water partition coefficient (Wildman–Crippen LogP) is 6.59. The van der Waals surface area contributed by atoms with E-state index in [1.54, 1.807) is 0 Å². The molecule has 1 heterocycles. The number of rotatable bonds is 10. The Hall–Kier alpha value is -0.240. The number of nitrogens with one attached hydrogen (secondary N) is 1. The number of hydrogen-bond acceptors (Lipinski definition) is 0. The highest BCUT2D eigenvalue weighted by Crippen LogP contribution is 2.38. The first-order valence-electron chi connectivity index (χ1n) is 7.97. The Balaban J connectivity index is 2.58. The van der Waals surface area contributed by atoms with Crippen LogP contribution in [-0.4, -0.2) is 4.98 Å². The van der Waals surface area contributed by atoms with Crippen molar-refractivity contribution in [2.75, 3.05) is 0 Å². The third-order valence-electron chi connectivity index (χ3n) is 4.26. The first-order valence-corrected chi connectivity index (χ1v) is 8.76. The highest BCUT2D eigenvalue weighted by molar-refractivity contribution is 9.10. The maximum atomic E-state index is 3.67. The largest absolute Gasteiger partial charge is 0.356 e. The molecule has 0 aromatic carbocycles. The van der Waals surface area contributed by atoms with Crippen molar-refractivity contribution in [1.82, 2.24) is 4.98 Å². The van der Waals surface area contributed by atoms with Crippen LogP contribution in [-0.2, 0) is 5.41 Å². The Labute approximate surface area is 127 Å². The van der Waals surface area contributed by atoms with Crippen molar-refractivity contribution in [2.45, 2.75) is 84.0 Å². The minimum absolute atomic E-state index is 0.334. The van der Waals surface area contributed by atoms with Crippen molar-refractivity contribution in [3.63, 3.8) is 0 Å². The summed E-state index contributed by atoms with van der Waals surface area (Å²) in [6.07, 6.45) is 14.1. The van der Waals surface area contributed by atoms with Gasteiger partial charge in [0.05, 0.1) is 4.60 Å². The van der Waals surface area contributed by atoms with Crippen molar-refractivity contribution in [3.8, 4) is 0 Å². The Kier molecular flexibility index (Phi) is 7.82. The van der Waals surface area contributed by atoms with Gasteiger partial charge in [0.2, 0.25) is 0 Å². The lowest BCUT2D eigenvalue weighted by Crippen LogP contribution is -2.22. The summed E-state index contributed by atoms with van der Waals surface area (Å²) in [5, 5.41) is 0. The highest BCUT2D eigenvalue weighted by atomic mass is 79.9. The smallest absolute Gasteiger partial charge is 0.0858 e. The lowest BCUT2D eigenvalue weighted by molar-refractivity contribution is 0.367. The molecule has 1 nitrogen and oxygen atoms in total. The molecule has 0 spiro atoms. The number of hydrogen-bond donors (Lipinski definition) is 1. The lowest BCUT2D eigenvalue weighted by atomic mass is 9.75. The van der Waals surface area contributed by atoms with Crippen LogP contribution in [0.1, 0.15) is 84.1 Å². The van der Waals surface area contributed by atoms with E-state index in [1.807, 2.05) is 0 Å². The van der Waals surface area contributed by atoms with Crippen LogP contribution in [0.2, 0.25) is 0 Å². The number of halogens is 1. The SMILES string of the molecule is CCCCCCCC(C)(CCCC)c1cc[nH]c1Br. The van der Waals surface area contributed by atoms with Gasteiger partial charge in [0, 0.05) is 6.20 Å². The van der Waals surface area contributed by atoms with Gasteiger partial charge in [-0.05, 0) is 45.8 Å². The second kappa shape index (κ2) is 8.84. The zero-order valence-corrected chi connectivity index (χ0v) is 14.5. The first-order chi connectivity index (χ1) is 9.14. The standard InChI is InChI=1S/C17H30BrN/c1-4-6-8-9-10-13-17(3,12-7-5-2)15-11-14-19-16(15)18/h11,14,19H,4-10,12-13H2,1-3H3. The van der Waals surface area contributed by atoms with E-state index in [2.05, 4.69) is 53.9 Å². The number of H-pyrrole nitrogens is 1. The molecule has 1 atom stereocenters. The summed E-state index contributed by atoms with van der Waals surface area (Å²) in [6.45, 7) is 7.01. The molecule has 0 saturated carbocycles. The fraction of sp³-hybridized carbons (Fsp3) is 0.765. The van der Waals surface area contributed by atoms with Gasteiger partial charge in [-0.2, -0.15) is 0 Å². The Morgan fingerprint density at radius 3 is 2.21 bits per heavy atom. The molecule has 0 aliphatic carbocycles. The maximum absolute atomic E-state index is 3.67. The quantitative estimate of drug-likeness (QED) is 0.467. The van der Waals surface area contributed by atoms with Crippen molar-refractivity contribution in [1.29, 1.82) is 0 Å². The molecular formula is C17H30BrN. The van der Waals surface area contributed by atoms with E-state index in [4.69, 9.17) is 0 Å². The maximum Gasteiger partial charge on any atom is 0.0858 e. The van der Waals surface area contributed by atoms with Crippen LogP contribution in [0.3, 0.4) is 0 Å². The second-order valence-corrected chi connectivity index (χ2v) is 6.83. The summed E-state index contributed by atoms with van der Waals surface area (Å²) in [5.41, 5.74) is 1.80. The van der Waals surface area contributed by atoms with Crippen LogP contribution < -0.4 is 0 Å². The molecule has 0 fully saturated rings. The molecule has 0 amide bonds. The van der Waals surface area contributed by atoms with Crippen molar-refractivity contribution < 1.29 is 0 Å². The molecule has 1 rings (SSSR count). The van der Waals surface area contributed by atoms with E-state index in [-0.39, 0.29) is 0 Å². The summed E-state index contributed by atoms with van der Waals surface area (Å²) in [4.78, 5) is 3.28. The minimum Gasteiger partial charge on any atom is -0.356 e. The number of unbranched alkanes of at least 4 members (excludes halogenated alkanes) is 5. The molecule has 2 heteroatoms. The molecule has 1 unspecified atom stereocenters. The Bertz CT molecular complexity index is 345. The van der Waals surface area contributed by atoms with Gasteiger partial charge in [-0.1, -0.05) is 65.7 Å². The minimum atomic E-state index is 0.334. The third kappa shape index (κ3) is 5.33. The third-order valence-corrected chi connectivity index (χ3v) is 4.92. The van der Waals surface area contributed by atoms with Crippen LogP contribution in [0.4, 0.5) is 0 Å². The van der Waals surface area contributed by atoms with E-state index >= 15 is 0 Å². The summed E-state index contributed by atoms with van der Waals surface area (Å²) in [5.74, 6) is 0. The van der Waals surface area contributed by atoms with Gasteiger partial charge in [-0.15, -0.1) is 0 Å². The van der Waals surface area contributed by atoms with Crippen LogP contribution in [0, 0.1) is 0 Å². The summed E-state index contributed by atoms with van der Waals surface area (Å²) < 4.78 is 1.18. The monoisotopic (exact) mass is 327 g/mol. The Morgan fingerprint density at radius 2 is 1.63 bits per heavy atom. The topological polar surface area (TPSA) is 15.8 Å². The fourth-order valence-electron chi connectivity index (χ4n) is 2.90. The van der Waals surface area contributed by atoms with E-state index < -0.39 is 0 Å². The van der Waals surface area contributed by atoms with E-state index in [0.717, 1.165) is 0 Å². The molecule has 0 saturated heterocycles. The molecule has 0 aliphatic heterocycles. The van der Waals surface area contributed by atoms with Gasteiger partial charge in [0.25, 0.3) is 0 Å². The van der Waals surface area contributed by atoms with Gasteiger partial charge in [-0.3, -0.25) is 0 Å². The summed E-state index contributed by atoms with van der Waals surface area (Å²) in [7, 11) is 0. The molecule has 0 radical (unpaired) electrons. The summed E-state index contributed by atoms with van der Waals surface area (Å²) >= 11 is 3.67. The van der Waals surface area contributed by atoms with E-state index in [9.17, 15) is 0 Å². The molecule has 1 N–H and O–H groups in total. The van der Waals surface area contributed by atoms with Crippen LogP contribution in [0.15, 0.2) is 16.9 Å². The molecule has 0 aliphatic rings. The highest BCUT2D eigenvalue weighted by Gasteiger charge is 2.28. The van der Waals surface area contributed by atoms with Gasteiger partial charge < -0.3 is 4.98 Å². The van der Waals surface area contributed by atoms with Gasteiger partial charge >= 0.3 is 0 Å². The molecule has 110 valence electrons. The Morgan fingerprint density at radius 1 is 1.00 bits per heavy atom. The van der Waals surface area contributed by atoms with E-state index in [0.29, 0.717) is 5.41 Å². The normalized spacial score (nSPS) is 14.5. The zero-order valence-electron chi connectivity index (χ0n) is 12.9. The number of aromatic nitrogens is 1. The van der Waals surface area contributed by atoms with Crippen molar-refractivity contribution in [2.24, 2.45) is 0 Å². The second-order valence-electron chi connectivity index (χ2n) is 6.03. The molecule has 1 aromatic rings. The van der Waals surface area contributed by atoms with Gasteiger partial charge in [-0.25, -0.2) is 0 Å². The molecule has 1 aromatic heterocycles. The van der Waals surface area contributed by atoms with E-state index in [1.165, 1.54) is 68.0 Å². The predicted molar refractivity (Wildman–Crippen MR) is 88.7 cm³/mol. The molecular weight excluding hydrogens is 298 g/mol.